The normalized spacial score (nSPS) is 10.8. The summed E-state index contributed by atoms with van der Waals surface area (Å²) in [6.45, 7) is 2.14. The van der Waals surface area contributed by atoms with E-state index in [2.05, 4.69) is 27.4 Å². The number of nitrogens with one attached hydrogen (secondary N) is 1. The second-order valence-electron chi connectivity index (χ2n) is 4.93. The van der Waals surface area contributed by atoms with Crippen molar-refractivity contribution < 1.29 is 4.79 Å². The zero-order valence-electron chi connectivity index (χ0n) is 12.2. The first kappa shape index (κ1) is 14.6. The first-order valence-corrected chi connectivity index (χ1v) is 8.07. The number of aryl methyl sites for hydroxylation is 1. The van der Waals surface area contributed by atoms with E-state index in [0.717, 1.165) is 35.2 Å². The third-order valence-electron chi connectivity index (χ3n) is 3.32. The van der Waals surface area contributed by atoms with Crippen LogP contribution in [0.25, 0.3) is 10.9 Å². The van der Waals surface area contributed by atoms with Gasteiger partial charge in [-0.15, -0.1) is 10.2 Å². The number of rotatable bonds is 5. The summed E-state index contributed by atoms with van der Waals surface area (Å²) in [6.07, 6.45) is 4.82. The standard InChI is InChI=1S/C16H16N4OS/c1-2-3-9-14-19-20-16(22-14)18-15(21)12-6-4-8-13-11(12)7-5-10-17-13/h4-8,10H,2-3,9H2,1H3,(H,18,20,21). The van der Waals surface area contributed by atoms with Crippen LogP contribution in [-0.4, -0.2) is 21.1 Å². The molecule has 1 aromatic carbocycles. The zero-order chi connectivity index (χ0) is 15.4. The van der Waals surface area contributed by atoms with Gasteiger partial charge >= 0.3 is 0 Å². The van der Waals surface area contributed by atoms with Gasteiger partial charge in [-0.05, 0) is 24.6 Å². The monoisotopic (exact) mass is 312 g/mol. The summed E-state index contributed by atoms with van der Waals surface area (Å²) < 4.78 is 0. The van der Waals surface area contributed by atoms with E-state index in [9.17, 15) is 4.79 Å². The number of carbonyl (C=O) groups is 1. The van der Waals surface area contributed by atoms with E-state index in [4.69, 9.17) is 0 Å². The number of benzene rings is 1. The SMILES string of the molecule is CCCCc1nnc(NC(=O)c2cccc3ncccc23)s1. The van der Waals surface area contributed by atoms with Crippen molar-refractivity contribution in [2.45, 2.75) is 26.2 Å². The van der Waals surface area contributed by atoms with Crippen LogP contribution in [-0.2, 0) is 6.42 Å². The van der Waals surface area contributed by atoms with E-state index >= 15 is 0 Å². The number of anilines is 1. The molecule has 1 N–H and O–H groups in total. The van der Waals surface area contributed by atoms with Gasteiger partial charge in [0.2, 0.25) is 5.13 Å². The number of hydrogen-bond donors (Lipinski definition) is 1. The van der Waals surface area contributed by atoms with Gasteiger partial charge in [0.1, 0.15) is 5.01 Å². The molecule has 112 valence electrons. The van der Waals surface area contributed by atoms with Gasteiger partial charge < -0.3 is 0 Å². The maximum Gasteiger partial charge on any atom is 0.258 e. The van der Waals surface area contributed by atoms with Gasteiger partial charge in [0.15, 0.2) is 0 Å². The number of fused-ring (bicyclic) bond motifs is 1. The Morgan fingerprint density at radius 3 is 3.00 bits per heavy atom. The molecule has 0 aliphatic rings. The maximum atomic E-state index is 12.5. The molecule has 22 heavy (non-hydrogen) atoms. The second-order valence-corrected chi connectivity index (χ2v) is 6.00. The minimum Gasteiger partial charge on any atom is -0.296 e. The van der Waals surface area contributed by atoms with Gasteiger partial charge in [0.05, 0.1) is 5.52 Å². The summed E-state index contributed by atoms with van der Waals surface area (Å²) >= 11 is 1.43. The Bertz CT molecular complexity index is 794. The molecule has 0 spiro atoms. The summed E-state index contributed by atoms with van der Waals surface area (Å²) in [4.78, 5) is 16.7. The Balaban J connectivity index is 1.80. The fraction of sp³-hybridized carbons (Fsp3) is 0.250. The third kappa shape index (κ3) is 3.12. The van der Waals surface area contributed by atoms with E-state index in [1.54, 1.807) is 12.3 Å². The van der Waals surface area contributed by atoms with Gasteiger partial charge in [-0.3, -0.25) is 15.1 Å². The minimum atomic E-state index is -0.184. The highest BCUT2D eigenvalue weighted by Gasteiger charge is 2.13. The molecule has 0 aliphatic carbocycles. The number of unbranched alkanes of at least 4 members (excludes halogenated alkanes) is 1. The van der Waals surface area contributed by atoms with Gasteiger partial charge in [-0.2, -0.15) is 0 Å². The molecule has 0 aliphatic heterocycles. The molecule has 3 rings (SSSR count). The first-order chi connectivity index (χ1) is 10.8. The lowest BCUT2D eigenvalue weighted by Gasteiger charge is -2.04. The van der Waals surface area contributed by atoms with Crippen LogP contribution in [0.15, 0.2) is 36.5 Å². The summed E-state index contributed by atoms with van der Waals surface area (Å²) in [5.41, 5.74) is 1.40. The summed E-state index contributed by atoms with van der Waals surface area (Å²) in [7, 11) is 0. The summed E-state index contributed by atoms with van der Waals surface area (Å²) in [6, 6.07) is 9.23. The highest BCUT2D eigenvalue weighted by atomic mass is 32.1. The predicted octanol–water partition coefficient (Wildman–Crippen LogP) is 3.68. The molecule has 0 atom stereocenters. The lowest BCUT2D eigenvalue weighted by atomic mass is 10.1. The lowest BCUT2D eigenvalue weighted by Crippen LogP contribution is -2.12. The lowest BCUT2D eigenvalue weighted by molar-refractivity contribution is 0.102. The molecule has 0 saturated heterocycles. The highest BCUT2D eigenvalue weighted by Crippen LogP contribution is 2.21. The number of amides is 1. The summed E-state index contributed by atoms with van der Waals surface area (Å²) in [5.74, 6) is -0.184. The molecule has 3 aromatic rings. The van der Waals surface area contributed by atoms with Gasteiger partial charge in [-0.1, -0.05) is 36.8 Å². The predicted molar refractivity (Wildman–Crippen MR) is 88.2 cm³/mol. The molecule has 0 unspecified atom stereocenters. The molecule has 6 heteroatoms. The Morgan fingerprint density at radius 1 is 1.23 bits per heavy atom. The van der Waals surface area contributed by atoms with Crippen molar-refractivity contribution in [1.82, 2.24) is 15.2 Å². The van der Waals surface area contributed by atoms with Crippen LogP contribution in [0.5, 0.6) is 0 Å². The molecular formula is C16H16N4OS. The smallest absolute Gasteiger partial charge is 0.258 e. The molecule has 1 amide bonds. The van der Waals surface area contributed by atoms with Crippen molar-refractivity contribution in [1.29, 1.82) is 0 Å². The Kier molecular flexibility index (Phi) is 4.39. The Hall–Kier alpha value is -2.34. The quantitative estimate of drug-likeness (QED) is 0.780. The van der Waals surface area contributed by atoms with E-state index in [0.29, 0.717) is 10.7 Å². The van der Waals surface area contributed by atoms with Gasteiger partial charge in [-0.25, -0.2) is 0 Å². The number of aromatic nitrogens is 3. The van der Waals surface area contributed by atoms with Crippen LogP contribution in [0.4, 0.5) is 5.13 Å². The van der Waals surface area contributed by atoms with Crippen molar-refractivity contribution in [2.75, 3.05) is 5.32 Å². The molecule has 2 heterocycles. The largest absolute Gasteiger partial charge is 0.296 e. The first-order valence-electron chi connectivity index (χ1n) is 7.25. The Morgan fingerprint density at radius 2 is 2.14 bits per heavy atom. The number of hydrogen-bond acceptors (Lipinski definition) is 5. The van der Waals surface area contributed by atoms with Crippen LogP contribution in [0.2, 0.25) is 0 Å². The molecule has 5 nitrogen and oxygen atoms in total. The molecule has 0 radical (unpaired) electrons. The fourth-order valence-electron chi connectivity index (χ4n) is 2.20. The van der Waals surface area contributed by atoms with E-state index in [1.165, 1.54) is 11.3 Å². The third-order valence-corrected chi connectivity index (χ3v) is 4.22. The molecular weight excluding hydrogens is 296 g/mol. The zero-order valence-corrected chi connectivity index (χ0v) is 13.1. The number of pyridine rings is 1. The second kappa shape index (κ2) is 6.62. The van der Waals surface area contributed by atoms with Gasteiger partial charge in [0, 0.05) is 23.6 Å². The molecule has 0 fully saturated rings. The maximum absolute atomic E-state index is 12.5. The van der Waals surface area contributed by atoms with E-state index < -0.39 is 0 Å². The van der Waals surface area contributed by atoms with Crippen LogP contribution in [0.1, 0.15) is 35.1 Å². The topological polar surface area (TPSA) is 67.8 Å². The average Bonchev–Trinajstić information content (AvgIpc) is 2.99. The van der Waals surface area contributed by atoms with Crippen molar-refractivity contribution in [3.8, 4) is 0 Å². The highest BCUT2D eigenvalue weighted by molar-refractivity contribution is 7.15. The molecule has 2 aromatic heterocycles. The van der Waals surface area contributed by atoms with E-state index in [-0.39, 0.29) is 5.91 Å². The average molecular weight is 312 g/mol. The van der Waals surface area contributed by atoms with Crippen molar-refractivity contribution >= 4 is 33.3 Å². The van der Waals surface area contributed by atoms with Crippen LogP contribution in [0.3, 0.4) is 0 Å². The molecule has 0 bridgehead atoms. The van der Waals surface area contributed by atoms with Crippen LogP contribution in [0, 0.1) is 0 Å². The fourth-order valence-corrected chi connectivity index (χ4v) is 2.98. The number of nitrogens with zero attached hydrogens (tertiary/aromatic N) is 3. The molecule has 0 saturated carbocycles. The van der Waals surface area contributed by atoms with E-state index in [1.807, 2.05) is 24.3 Å². The minimum absolute atomic E-state index is 0.184. The van der Waals surface area contributed by atoms with Crippen molar-refractivity contribution in [3.63, 3.8) is 0 Å². The number of carbonyl (C=O) groups excluding carboxylic acids is 1. The van der Waals surface area contributed by atoms with Crippen LogP contribution < -0.4 is 5.32 Å². The Labute approximate surface area is 132 Å². The van der Waals surface area contributed by atoms with Crippen molar-refractivity contribution in [2.24, 2.45) is 0 Å². The van der Waals surface area contributed by atoms with Crippen molar-refractivity contribution in [3.05, 3.63) is 47.1 Å². The summed E-state index contributed by atoms with van der Waals surface area (Å²) in [5, 5.41) is 13.3. The van der Waals surface area contributed by atoms with Crippen LogP contribution >= 0.6 is 11.3 Å². The van der Waals surface area contributed by atoms with Gasteiger partial charge in [0.25, 0.3) is 5.91 Å².